The van der Waals surface area contributed by atoms with Gasteiger partial charge in [0.2, 0.25) is 0 Å². The molecule has 0 unspecified atom stereocenters. The van der Waals surface area contributed by atoms with E-state index < -0.39 is 17.5 Å². The summed E-state index contributed by atoms with van der Waals surface area (Å²) in [6.07, 6.45) is 2.41. The Morgan fingerprint density at radius 2 is 1.90 bits per heavy atom. The molecular formula is C22H24F2N4O2. The number of hydrogen-bond acceptors (Lipinski definition) is 4. The number of ether oxygens (including phenoxy) is 1. The minimum atomic E-state index is -0.779. The predicted octanol–water partition coefficient (Wildman–Crippen LogP) is 3.95. The van der Waals surface area contributed by atoms with Gasteiger partial charge in [-0.3, -0.25) is 9.48 Å². The number of aromatic nitrogens is 2. The molecule has 0 saturated heterocycles. The van der Waals surface area contributed by atoms with E-state index in [0.717, 1.165) is 25.1 Å². The van der Waals surface area contributed by atoms with Gasteiger partial charge < -0.3 is 15.0 Å². The third-order valence-corrected chi connectivity index (χ3v) is 4.39. The number of aryl methyl sites for hydroxylation is 1. The molecule has 0 radical (unpaired) electrons. The van der Waals surface area contributed by atoms with Crippen LogP contribution < -0.4 is 10.1 Å². The lowest BCUT2D eigenvalue weighted by molar-refractivity contribution is 0.102. The van der Waals surface area contributed by atoms with Gasteiger partial charge in [-0.25, -0.2) is 8.78 Å². The molecule has 1 amide bonds. The third-order valence-electron chi connectivity index (χ3n) is 4.39. The fourth-order valence-electron chi connectivity index (χ4n) is 2.94. The van der Waals surface area contributed by atoms with Crippen LogP contribution in [0.3, 0.4) is 0 Å². The number of hydrogen-bond donors (Lipinski definition) is 1. The van der Waals surface area contributed by atoms with Crippen LogP contribution in [0.5, 0.6) is 5.75 Å². The highest BCUT2D eigenvalue weighted by atomic mass is 19.1. The van der Waals surface area contributed by atoms with E-state index >= 15 is 0 Å². The van der Waals surface area contributed by atoms with Crippen LogP contribution in [0.25, 0.3) is 11.3 Å². The lowest BCUT2D eigenvalue weighted by Gasteiger charge is -2.11. The summed E-state index contributed by atoms with van der Waals surface area (Å²) in [5.41, 5.74) is 0.957. The first-order chi connectivity index (χ1) is 14.3. The highest BCUT2D eigenvalue weighted by Gasteiger charge is 2.20. The molecule has 0 aliphatic heterocycles. The van der Waals surface area contributed by atoms with Crippen LogP contribution in [0.1, 0.15) is 16.8 Å². The van der Waals surface area contributed by atoms with Gasteiger partial charge in [0.15, 0.2) is 0 Å². The second kappa shape index (κ2) is 9.49. The van der Waals surface area contributed by atoms with Crippen molar-refractivity contribution in [3.8, 4) is 17.0 Å². The number of benzene rings is 2. The number of amides is 1. The number of carbonyl (C=O) groups is 1. The Bertz CT molecular complexity index is 1020. The predicted molar refractivity (Wildman–Crippen MR) is 112 cm³/mol. The van der Waals surface area contributed by atoms with Gasteiger partial charge in [0.05, 0.1) is 12.2 Å². The van der Waals surface area contributed by atoms with E-state index in [2.05, 4.69) is 15.3 Å². The monoisotopic (exact) mass is 414 g/mol. The van der Waals surface area contributed by atoms with E-state index in [1.165, 1.54) is 16.9 Å². The third kappa shape index (κ3) is 5.42. The minimum Gasteiger partial charge on any atom is -0.494 e. The Morgan fingerprint density at radius 3 is 2.57 bits per heavy atom. The first kappa shape index (κ1) is 21.4. The maximum Gasteiger partial charge on any atom is 0.259 e. The largest absolute Gasteiger partial charge is 0.494 e. The van der Waals surface area contributed by atoms with E-state index in [4.69, 9.17) is 4.74 Å². The summed E-state index contributed by atoms with van der Waals surface area (Å²) in [5.74, 6) is -1.20. The zero-order valence-corrected chi connectivity index (χ0v) is 17.2. The van der Waals surface area contributed by atoms with Crippen molar-refractivity contribution < 1.29 is 18.3 Å². The number of halogens is 2. The summed E-state index contributed by atoms with van der Waals surface area (Å²) >= 11 is 0. The minimum absolute atomic E-state index is 0.0589. The summed E-state index contributed by atoms with van der Waals surface area (Å²) in [6.45, 7) is 1.54. The van der Waals surface area contributed by atoms with E-state index in [1.807, 2.05) is 14.1 Å². The molecule has 0 aliphatic carbocycles. The van der Waals surface area contributed by atoms with Gasteiger partial charge in [-0.2, -0.15) is 5.10 Å². The molecule has 6 nitrogen and oxygen atoms in total. The van der Waals surface area contributed by atoms with Crippen molar-refractivity contribution in [1.82, 2.24) is 14.7 Å². The van der Waals surface area contributed by atoms with E-state index in [9.17, 15) is 13.6 Å². The summed E-state index contributed by atoms with van der Waals surface area (Å²) in [5, 5.41) is 6.94. The molecule has 30 heavy (non-hydrogen) atoms. The fourth-order valence-corrected chi connectivity index (χ4v) is 2.94. The van der Waals surface area contributed by atoms with E-state index in [-0.39, 0.29) is 16.8 Å². The number of nitrogens with one attached hydrogen (secondary N) is 1. The summed E-state index contributed by atoms with van der Waals surface area (Å²) in [6, 6.07) is 10.2. The van der Waals surface area contributed by atoms with Gasteiger partial charge in [0.25, 0.3) is 5.91 Å². The number of rotatable bonds is 8. The van der Waals surface area contributed by atoms with Crippen molar-refractivity contribution >= 4 is 11.6 Å². The molecule has 0 atom stereocenters. The molecule has 0 saturated carbocycles. The average molecular weight is 414 g/mol. The Morgan fingerprint density at radius 1 is 1.17 bits per heavy atom. The van der Waals surface area contributed by atoms with E-state index in [0.29, 0.717) is 18.0 Å². The van der Waals surface area contributed by atoms with Gasteiger partial charge in [0.1, 0.15) is 23.1 Å². The maximum absolute atomic E-state index is 14.2. The summed E-state index contributed by atoms with van der Waals surface area (Å²) < 4.78 is 34.5. The van der Waals surface area contributed by atoms with Crippen LogP contribution >= 0.6 is 0 Å². The molecule has 0 bridgehead atoms. The zero-order valence-electron chi connectivity index (χ0n) is 17.2. The normalized spacial score (nSPS) is 11.0. The van der Waals surface area contributed by atoms with Gasteiger partial charge in [-0.05, 0) is 56.9 Å². The molecule has 1 aromatic heterocycles. The number of carbonyl (C=O) groups excluding carboxylic acids is 1. The molecule has 158 valence electrons. The standard InChI is InChI=1S/C22H24F2N4O2/c1-27(2)11-4-12-30-17-8-6-16(7-9-17)25-22(29)19-14-28(3)26-21(19)18-10-5-15(23)13-20(18)24/h5-10,13-14H,4,11-12H2,1-3H3,(H,25,29). The molecule has 0 spiro atoms. The first-order valence-corrected chi connectivity index (χ1v) is 9.51. The van der Waals surface area contributed by atoms with Crippen LogP contribution in [-0.4, -0.2) is 47.8 Å². The molecule has 1 heterocycles. The van der Waals surface area contributed by atoms with Gasteiger partial charge in [-0.15, -0.1) is 0 Å². The number of anilines is 1. The Balaban J connectivity index is 1.69. The topological polar surface area (TPSA) is 59.4 Å². The molecule has 2 aromatic carbocycles. The van der Waals surface area contributed by atoms with Crippen molar-refractivity contribution in [3.05, 3.63) is 65.9 Å². The fraction of sp³-hybridized carbons (Fsp3) is 0.273. The van der Waals surface area contributed by atoms with Gasteiger partial charge in [0, 0.05) is 37.1 Å². The van der Waals surface area contributed by atoms with Crippen LogP contribution in [0.4, 0.5) is 14.5 Å². The Hall–Kier alpha value is -3.26. The Kier molecular flexibility index (Phi) is 6.79. The highest BCUT2D eigenvalue weighted by molar-refractivity contribution is 6.08. The highest BCUT2D eigenvalue weighted by Crippen LogP contribution is 2.26. The van der Waals surface area contributed by atoms with Crippen molar-refractivity contribution in [2.75, 3.05) is 32.6 Å². The summed E-state index contributed by atoms with van der Waals surface area (Å²) in [7, 11) is 5.65. The van der Waals surface area contributed by atoms with Gasteiger partial charge >= 0.3 is 0 Å². The maximum atomic E-state index is 14.2. The quantitative estimate of drug-likeness (QED) is 0.567. The lowest BCUT2D eigenvalue weighted by atomic mass is 10.1. The van der Waals surface area contributed by atoms with Crippen LogP contribution in [0.2, 0.25) is 0 Å². The second-order valence-corrected chi connectivity index (χ2v) is 7.17. The molecule has 3 aromatic rings. The van der Waals surface area contributed by atoms with Crippen LogP contribution in [0.15, 0.2) is 48.7 Å². The molecule has 0 aliphatic rings. The second-order valence-electron chi connectivity index (χ2n) is 7.17. The molecule has 0 fully saturated rings. The summed E-state index contributed by atoms with van der Waals surface area (Å²) in [4.78, 5) is 14.9. The van der Waals surface area contributed by atoms with Crippen molar-refractivity contribution in [2.24, 2.45) is 7.05 Å². The van der Waals surface area contributed by atoms with Crippen LogP contribution in [0, 0.1) is 11.6 Å². The van der Waals surface area contributed by atoms with Crippen molar-refractivity contribution in [3.63, 3.8) is 0 Å². The Labute approximate surface area is 174 Å². The molecule has 8 heteroatoms. The molecule has 1 N–H and O–H groups in total. The SMILES string of the molecule is CN(C)CCCOc1ccc(NC(=O)c2cn(C)nc2-c2ccc(F)cc2F)cc1. The van der Waals surface area contributed by atoms with Crippen LogP contribution in [-0.2, 0) is 7.05 Å². The van der Waals surface area contributed by atoms with Crippen molar-refractivity contribution in [2.45, 2.75) is 6.42 Å². The number of nitrogens with zero attached hydrogens (tertiary/aromatic N) is 3. The van der Waals surface area contributed by atoms with Crippen molar-refractivity contribution in [1.29, 1.82) is 0 Å². The molecule has 3 rings (SSSR count). The lowest BCUT2D eigenvalue weighted by Crippen LogP contribution is -2.15. The zero-order chi connectivity index (χ0) is 21.7. The smallest absolute Gasteiger partial charge is 0.259 e. The van der Waals surface area contributed by atoms with E-state index in [1.54, 1.807) is 31.3 Å². The molecular weight excluding hydrogens is 390 g/mol. The van der Waals surface area contributed by atoms with Gasteiger partial charge in [-0.1, -0.05) is 0 Å². The first-order valence-electron chi connectivity index (χ1n) is 9.51. The average Bonchev–Trinajstić information content (AvgIpc) is 3.08.